The van der Waals surface area contributed by atoms with Crippen molar-refractivity contribution in [2.75, 3.05) is 33.0 Å². The van der Waals surface area contributed by atoms with E-state index in [-0.39, 0.29) is 13.0 Å². The van der Waals surface area contributed by atoms with E-state index in [9.17, 15) is 19.4 Å². The zero-order valence-corrected chi connectivity index (χ0v) is 37.9. The Morgan fingerprint density at radius 3 is 1.45 bits per heavy atom. The maximum atomic E-state index is 12.6. The summed E-state index contributed by atoms with van der Waals surface area (Å²) in [6.07, 6.45) is 51.9. The van der Waals surface area contributed by atoms with Crippen LogP contribution in [0.1, 0.15) is 194 Å². The van der Waals surface area contributed by atoms with Crippen LogP contribution >= 0.6 is 7.82 Å². The molecule has 0 aromatic rings. The van der Waals surface area contributed by atoms with Crippen molar-refractivity contribution in [2.24, 2.45) is 0 Å². The van der Waals surface area contributed by atoms with Crippen LogP contribution in [0.25, 0.3) is 0 Å². The summed E-state index contributed by atoms with van der Waals surface area (Å²) < 4.78 is 33.4. The van der Waals surface area contributed by atoms with E-state index in [4.69, 9.17) is 23.6 Å². The standard InChI is InChI=1S/C48H87O9P/c1-3-5-7-9-11-13-15-17-19-21-23-24-26-28-30-32-34-36-38-40-48(51)57-47(45-56-58(52,53)55-43-46(50)42-49)44-54-41-39-37-35-33-31-29-27-25-22-20-18-16-14-12-10-8-6-4-2/h6,8,12,14,18,20,25,27,31,33,46-47,49-50H,3-5,7,9-11,13,15-17,19,21-24,26,28-30,32,34-45H2,1-2H3,(H,52,53)/b8-6-,14-12-,20-18-,27-25-,33-31-. The molecule has 0 aromatic heterocycles. The van der Waals surface area contributed by atoms with Gasteiger partial charge in [-0.05, 0) is 57.8 Å². The molecule has 58 heavy (non-hydrogen) atoms. The van der Waals surface area contributed by atoms with Gasteiger partial charge in [-0.3, -0.25) is 13.8 Å². The first-order valence-electron chi connectivity index (χ1n) is 23.3. The third-order valence-electron chi connectivity index (χ3n) is 9.72. The van der Waals surface area contributed by atoms with Crippen LogP contribution in [-0.2, 0) is 27.9 Å². The third-order valence-corrected chi connectivity index (χ3v) is 10.7. The van der Waals surface area contributed by atoms with Crippen molar-refractivity contribution in [1.82, 2.24) is 0 Å². The summed E-state index contributed by atoms with van der Waals surface area (Å²) in [5, 5.41) is 18.4. The van der Waals surface area contributed by atoms with Gasteiger partial charge in [-0.2, -0.15) is 0 Å². The number of phosphoric ester groups is 1. The van der Waals surface area contributed by atoms with Gasteiger partial charge in [0.1, 0.15) is 12.2 Å². The molecule has 0 saturated heterocycles. The first-order valence-corrected chi connectivity index (χ1v) is 24.8. The lowest BCUT2D eigenvalue weighted by atomic mass is 10.0. The molecule has 10 heteroatoms. The molecule has 0 rings (SSSR count). The van der Waals surface area contributed by atoms with Crippen LogP contribution in [0.3, 0.4) is 0 Å². The second-order valence-electron chi connectivity index (χ2n) is 15.4. The summed E-state index contributed by atoms with van der Waals surface area (Å²) >= 11 is 0. The Labute approximate surface area is 355 Å². The smallest absolute Gasteiger partial charge is 0.457 e. The Morgan fingerprint density at radius 2 is 0.983 bits per heavy atom. The van der Waals surface area contributed by atoms with E-state index in [0.717, 1.165) is 70.6 Å². The number of allylic oxidation sites excluding steroid dienone is 10. The monoisotopic (exact) mass is 839 g/mol. The van der Waals surface area contributed by atoms with E-state index in [0.29, 0.717) is 6.61 Å². The third kappa shape index (κ3) is 43.7. The molecule has 3 N–H and O–H groups in total. The highest BCUT2D eigenvalue weighted by molar-refractivity contribution is 7.47. The summed E-state index contributed by atoms with van der Waals surface area (Å²) in [4.78, 5) is 22.6. The summed E-state index contributed by atoms with van der Waals surface area (Å²) in [5.41, 5.74) is 0. The molecular formula is C48H87O9P. The second kappa shape index (κ2) is 44.7. The molecule has 338 valence electrons. The van der Waals surface area contributed by atoms with Crippen LogP contribution in [0.4, 0.5) is 0 Å². The minimum atomic E-state index is -4.53. The number of rotatable bonds is 44. The highest BCUT2D eigenvalue weighted by Gasteiger charge is 2.26. The topological polar surface area (TPSA) is 132 Å². The van der Waals surface area contributed by atoms with Crippen LogP contribution < -0.4 is 0 Å². The van der Waals surface area contributed by atoms with Gasteiger partial charge in [-0.25, -0.2) is 4.57 Å². The van der Waals surface area contributed by atoms with E-state index >= 15 is 0 Å². The molecule has 0 radical (unpaired) electrons. The Hall–Kier alpha value is -1.84. The van der Waals surface area contributed by atoms with Gasteiger partial charge in [0, 0.05) is 13.0 Å². The Bertz CT molecular complexity index is 1090. The number of unbranched alkanes of at least 4 members (excludes halogenated alkanes) is 20. The SMILES string of the molecule is CC/C=C\C/C=C\C/C=C\C/C=C\C/C=C\CCCCOCC(COP(=O)(O)OCC(O)CO)OC(=O)CCCCCCCCCCCCCCCCCCCCC. The van der Waals surface area contributed by atoms with E-state index in [1.165, 1.54) is 103 Å². The zero-order valence-electron chi connectivity index (χ0n) is 37.0. The fraction of sp³-hybridized carbons (Fsp3) is 0.771. The number of hydrogen-bond donors (Lipinski definition) is 3. The normalized spacial score (nSPS) is 14.5. The van der Waals surface area contributed by atoms with E-state index in [1.807, 2.05) is 0 Å². The van der Waals surface area contributed by atoms with Crippen LogP contribution in [0.15, 0.2) is 60.8 Å². The van der Waals surface area contributed by atoms with Crippen LogP contribution in [0.5, 0.6) is 0 Å². The molecule has 0 aliphatic carbocycles. The zero-order chi connectivity index (χ0) is 42.5. The van der Waals surface area contributed by atoms with Gasteiger partial charge in [0.05, 0.1) is 26.4 Å². The van der Waals surface area contributed by atoms with Crippen LogP contribution in [0.2, 0.25) is 0 Å². The Balaban J connectivity index is 4.20. The lowest BCUT2D eigenvalue weighted by molar-refractivity contribution is -0.154. The van der Waals surface area contributed by atoms with Crippen molar-refractivity contribution < 1.29 is 43.0 Å². The number of carbonyl (C=O) groups is 1. The van der Waals surface area contributed by atoms with Crippen LogP contribution in [0, 0.1) is 0 Å². The number of aliphatic hydroxyl groups is 2. The molecule has 0 spiro atoms. The number of hydrogen-bond acceptors (Lipinski definition) is 8. The van der Waals surface area contributed by atoms with Crippen LogP contribution in [-0.4, -0.2) is 66.3 Å². The molecule has 0 aromatic carbocycles. The average Bonchev–Trinajstić information content (AvgIpc) is 3.21. The molecule has 3 unspecified atom stereocenters. The van der Waals surface area contributed by atoms with E-state index < -0.39 is 45.8 Å². The lowest BCUT2D eigenvalue weighted by Crippen LogP contribution is -2.29. The van der Waals surface area contributed by atoms with Crippen molar-refractivity contribution in [1.29, 1.82) is 0 Å². The summed E-state index contributed by atoms with van der Waals surface area (Å²) in [5.74, 6) is -0.396. The summed E-state index contributed by atoms with van der Waals surface area (Å²) in [6, 6.07) is 0. The number of ether oxygens (including phenoxy) is 2. The number of esters is 1. The molecule has 0 aliphatic heterocycles. The van der Waals surface area contributed by atoms with Crippen molar-refractivity contribution >= 4 is 13.8 Å². The van der Waals surface area contributed by atoms with Gasteiger partial charge in [0.2, 0.25) is 0 Å². The van der Waals surface area contributed by atoms with Crippen molar-refractivity contribution in [2.45, 2.75) is 206 Å². The highest BCUT2D eigenvalue weighted by atomic mass is 31.2. The predicted octanol–water partition coefficient (Wildman–Crippen LogP) is 13.1. The van der Waals surface area contributed by atoms with Gasteiger partial charge in [0.15, 0.2) is 0 Å². The number of carbonyl (C=O) groups excluding carboxylic acids is 1. The van der Waals surface area contributed by atoms with Crippen molar-refractivity contribution in [3.63, 3.8) is 0 Å². The molecule has 0 heterocycles. The molecule has 3 atom stereocenters. The molecule has 9 nitrogen and oxygen atoms in total. The highest BCUT2D eigenvalue weighted by Crippen LogP contribution is 2.43. The van der Waals surface area contributed by atoms with Gasteiger partial charge < -0.3 is 24.6 Å². The van der Waals surface area contributed by atoms with Crippen molar-refractivity contribution in [3.05, 3.63) is 60.8 Å². The first-order chi connectivity index (χ1) is 28.3. The fourth-order valence-electron chi connectivity index (χ4n) is 6.21. The molecular weight excluding hydrogens is 751 g/mol. The van der Waals surface area contributed by atoms with Gasteiger partial charge in [-0.15, -0.1) is 0 Å². The Morgan fingerprint density at radius 1 is 0.552 bits per heavy atom. The minimum Gasteiger partial charge on any atom is -0.457 e. The quantitative estimate of drug-likeness (QED) is 0.0237. The molecule has 0 saturated carbocycles. The van der Waals surface area contributed by atoms with E-state index in [2.05, 4.69) is 74.6 Å². The average molecular weight is 839 g/mol. The number of aliphatic hydroxyl groups excluding tert-OH is 2. The second-order valence-corrected chi connectivity index (χ2v) is 16.9. The lowest BCUT2D eigenvalue weighted by Gasteiger charge is -2.20. The van der Waals surface area contributed by atoms with Gasteiger partial charge >= 0.3 is 13.8 Å². The molecule has 0 bridgehead atoms. The van der Waals surface area contributed by atoms with E-state index in [1.54, 1.807) is 0 Å². The molecule has 0 fully saturated rings. The minimum absolute atomic E-state index is 0.0197. The summed E-state index contributed by atoms with van der Waals surface area (Å²) in [7, 11) is -4.53. The maximum absolute atomic E-state index is 12.6. The summed E-state index contributed by atoms with van der Waals surface area (Å²) in [6.45, 7) is 3.31. The Kier molecular flexibility index (Phi) is 43.3. The number of phosphoric acid groups is 1. The molecule has 0 amide bonds. The fourth-order valence-corrected chi connectivity index (χ4v) is 7.00. The first kappa shape index (κ1) is 56.2. The largest absolute Gasteiger partial charge is 0.472 e. The predicted molar refractivity (Wildman–Crippen MR) is 242 cm³/mol. The van der Waals surface area contributed by atoms with Gasteiger partial charge in [-0.1, -0.05) is 190 Å². The molecule has 0 aliphatic rings. The maximum Gasteiger partial charge on any atom is 0.472 e. The van der Waals surface area contributed by atoms with Gasteiger partial charge in [0.25, 0.3) is 0 Å². The van der Waals surface area contributed by atoms with Crippen molar-refractivity contribution in [3.8, 4) is 0 Å².